The van der Waals surface area contributed by atoms with Gasteiger partial charge in [-0.05, 0) is 36.2 Å². The molecule has 0 aromatic heterocycles. The second kappa shape index (κ2) is 6.91. The van der Waals surface area contributed by atoms with Crippen molar-refractivity contribution in [1.82, 2.24) is 0 Å². The Kier molecular flexibility index (Phi) is 4.55. The smallest absolute Gasteiger partial charge is 0.238 e. The summed E-state index contributed by atoms with van der Waals surface area (Å²) in [4.78, 5) is 15.4. The van der Waals surface area contributed by atoms with E-state index in [1.54, 1.807) is 42.2 Å². The molecule has 4 rings (SSSR count). The summed E-state index contributed by atoms with van der Waals surface area (Å²) in [7, 11) is -3.62. The van der Waals surface area contributed by atoms with Gasteiger partial charge in [0.25, 0.3) is 0 Å². The van der Waals surface area contributed by atoms with Gasteiger partial charge in [0.1, 0.15) is 0 Å². The Labute approximate surface area is 165 Å². The summed E-state index contributed by atoms with van der Waals surface area (Å²) in [5.41, 5.74) is 1.42. The molecule has 4 nitrogen and oxygen atoms in total. The third kappa shape index (κ3) is 3.12. The van der Waals surface area contributed by atoms with Crippen LogP contribution in [0, 0.1) is 0 Å². The molecular formula is C23H21NO3S. The highest BCUT2D eigenvalue weighted by Crippen LogP contribution is 2.43. The minimum Gasteiger partial charge on any atom is -0.307 e. The van der Waals surface area contributed by atoms with E-state index >= 15 is 0 Å². The van der Waals surface area contributed by atoms with Crippen molar-refractivity contribution < 1.29 is 13.2 Å². The molecule has 1 aliphatic heterocycles. The van der Waals surface area contributed by atoms with Gasteiger partial charge < -0.3 is 4.90 Å². The van der Waals surface area contributed by atoms with Crippen LogP contribution < -0.4 is 4.90 Å². The first-order valence-corrected chi connectivity index (χ1v) is 10.8. The van der Waals surface area contributed by atoms with E-state index < -0.39 is 15.3 Å². The molecule has 1 aliphatic rings. The molecule has 1 heterocycles. The van der Waals surface area contributed by atoms with Crippen molar-refractivity contribution in [3.05, 3.63) is 96.1 Å². The maximum absolute atomic E-state index is 13.5. The fourth-order valence-corrected chi connectivity index (χ4v) is 5.63. The van der Waals surface area contributed by atoms with Crippen molar-refractivity contribution >= 4 is 21.4 Å². The molecule has 142 valence electrons. The average molecular weight is 391 g/mol. The van der Waals surface area contributed by atoms with Crippen LogP contribution in [0.2, 0.25) is 0 Å². The van der Waals surface area contributed by atoms with Crippen molar-refractivity contribution in [3.8, 4) is 0 Å². The second-order valence-electron chi connectivity index (χ2n) is 7.30. The van der Waals surface area contributed by atoms with E-state index in [0.29, 0.717) is 6.54 Å². The van der Waals surface area contributed by atoms with Crippen molar-refractivity contribution in [2.75, 3.05) is 10.7 Å². The number of amides is 1. The lowest BCUT2D eigenvalue weighted by molar-refractivity contribution is -0.122. The van der Waals surface area contributed by atoms with Crippen molar-refractivity contribution in [2.45, 2.75) is 23.8 Å². The Hall–Kier alpha value is -2.92. The first-order chi connectivity index (χ1) is 13.4. The van der Waals surface area contributed by atoms with Gasteiger partial charge >= 0.3 is 0 Å². The highest BCUT2D eigenvalue weighted by Gasteiger charge is 2.49. The number of sulfone groups is 1. The molecular weight excluding hydrogens is 370 g/mol. The van der Waals surface area contributed by atoms with Crippen molar-refractivity contribution in [1.29, 1.82) is 0 Å². The maximum atomic E-state index is 13.5. The number of para-hydroxylation sites is 1. The minimum atomic E-state index is -3.62. The molecule has 1 amide bonds. The molecule has 0 radical (unpaired) electrons. The molecule has 3 aromatic carbocycles. The van der Waals surface area contributed by atoms with Crippen LogP contribution in [0.15, 0.2) is 89.8 Å². The zero-order valence-electron chi connectivity index (χ0n) is 15.6. The lowest BCUT2D eigenvalue weighted by atomic mass is 9.86. The standard InChI is InChI=1S/C23H21NO3S/c1-23(17-28(26,27)19-12-6-3-7-13-19)20-14-8-9-15-21(20)24(22(23)25)16-18-10-4-2-5-11-18/h2-15H,16-17H2,1H3. The van der Waals surface area contributed by atoms with Gasteiger partial charge in [-0.25, -0.2) is 8.42 Å². The predicted octanol–water partition coefficient (Wildman–Crippen LogP) is 3.97. The summed E-state index contributed by atoms with van der Waals surface area (Å²) < 4.78 is 26.1. The molecule has 0 saturated heterocycles. The summed E-state index contributed by atoms with van der Waals surface area (Å²) in [5.74, 6) is -0.442. The number of benzene rings is 3. The highest BCUT2D eigenvalue weighted by atomic mass is 32.2. The van der Waals surface area contributed by atoms with Crippen LogP contribution in [0.3, 0.4) is 0 Å². The predicted molar refractivity (Wildman–Crippen MR) is 110 cm³/mol. The Morgan fingerprint density at radius 1 is 0.821 bits per heavy atom. The maximum Gasteiger partial charge on any atom is 0.238 e. The first kappa shape index (κ1) is 18.4. The number of carbonyl (C=O) groups excluding carboxylic acids is 1. The third-order valence-corrected chi connectivity index (χ3v) is 7.22. The first-order valence-electron chi connectivity index (χ1n) is 9.15. The quantitative estimate of drug-likeness (QED) is 0.661. The van der Waals surface area contributed by atoms with Gasteiger partial charge in [0, 0.05) is 5.69 Å². The van der Waals surface area contributed by atoms with Gasteiger partial charge in [-0.2, -0.15) is 0 Å². The summed E-state index contributed by atoms with van der Waals surface area (Å²) >= 11 is 0. The number of rotatable bonds is 5. The van der Waals surface area contributed by atoms with Crippen molar-refractivity contribution in [2.24, 2.45) is 0 Å². The molecule has 3 aromatic rings. The fourth-order valence-electron chi connectivity index (χ4n) is 3.85. The number of fused-ring (bicyclic) bond motifs is 1. The van der Waals surface area contributed by atoms with Crippen molar-refractivity contribution in [3.63, 3.8) is 0 Å². The van der Waals surface area contributed by atoms with Gasteiger partial charge in [0.2, 0.25) is 5.91 Å². The average Bonchev–Trinajstić information content (AvgIpc) is 2.91. The van der Waals surface area contributed by atoms with Gasteiger partial charge in [0.15, 0.2) is 9.84 Å². The Morgan fingerprint density at radius 3 is 2.07 bits per heavy atom. The van der Waals surface area contributed by atoms with Crippen LogP contribution in [0.4, 0.5) is 5.69 Å². The molecule has 0 spiro atoms. The van der Waals surface area contributed by atoms with Gasteiger partial charge in [0.05, 0.1) is 22.6 Å². The lowest BCUT2D eigenvalue weighted by Gasteiger charge is -2.24. The van der Waals surface area contributed by atoms with E-state index in [2.05, 4.69) is 0 Å². The van der Waals surface area contributed by atoms with Crippen LogP contribution in [0.5, 0.6) is 0 Å². The van der Waals surface area contributed by atoms with E-state index in [1.165, 1.54) is 0 Å². The van der Waals surface area contributed by atoms with Crippen LogP contribution in [0.25, 0.3) is 0 Å². The minimum absolute atomic E-state index is 0.183. The SMILES string of the molecule is CC1(CS(=O)(=O)c2ccccc2)C(=O)N(Cc2ccccc2)c2ccccc21. The summed E-state index contributed by atoms with van der Waals surface area (Å²) in [6.45, 7) is 2.15. The summed E-state index contributed by atoms with van der Waals surface area (Å²) in [6, 6.07) is 25.5. The normalized spacial score (nSPS) is 18.9. The van der Waals surface area contributed by atoms with Crippen LogP contribution in [-0.2, 0) is 26.6 Å². The molecule has 1 unspecified atom stereocenters. The Bertz CT molecular complexity index is 1110. The zero-order valence-corrected chi connectivity index (χ0v) is 16.4. The zero-order chi connectivity index (χ0) is 19.8. The van der Waals surface area contributed by atoms with Crippen LogP contribution >= 0.6 is 0 Å². The number of carbonyl (C=O) groups is 1. The lowest BCUT2D eigenvalue weighted by Crippen LogP contribution is -2.42. The molecule has 5 heteroatoms. The van der Waals surface area contributed by atoms with E-state index in [9.17, 15) is 13.2 Å². The Balaban J connectivity index is 1.74. The molecule has 1 atom stereocenters. The van der Waals surface area contributed by atoms with Gasteiger partial charge in [-0.3, -0.25) is 4.79 Å². The number of nitrogens with zero attached hydrogens (tertiary/aromatic N) is 1. The summed E-state index contributed by atoms with van der Waals surface area (Å²) in [6.07, 6.45) is 0. The topological polar surface area (TPSA) is 54.5 Å². The van der Waals surface area contributed by atoms with Crippen LogP contribution in [-0.4, -0.2) is 20.1 Å². The largest absolute Gasteiger partial charge is 0.307 e. The molecule has 0 aliphatic carbocycles. The Morgan fingerprint density at radius 2 is 1.39 bits per heavy atom. The van der Waals surface area contributed by atoms with E-state index in [-0.39, 0.29) is 16.6 Å². The van der Waals surface area contributed by atoms with Crippen LogP contribution in [0.1, 0.15) is 18.1 Å². The summed E-state index contributed by atoms with van der Waals surface area (Å²) in [5, 5.41) is 0. The van der Waals surface area contributed by atoms with E-state index in [0.717, 1.165) is 16.8 Å². The van der Waals surface area contributed by atoms with Gasteiger partial charge in [-0.1, -0.05) is 66.7 Å². The molecule has 0 saturated carbocycles. The third-order valence-electron chi connectivity index (χ3n) is 5.27. The van der Waals surface area contributed by atoms with E-state index in [1.807, 2.05) is 54.6 Å². The molecule has 28 heavy (non-hydrogen) atoms. The monoisotopic (exact) mass is 391 g/mol. The molecule has 0 N–H and O–H groups in total. The number of anilines is 1. The van der Waals surface area contributed by atoms with E-state index in [4.69, 9.17) is 0 Å². The molecule has 0 bridgehead atoms. The highest BCUT2D eigenvalue weighted by molar-refractivity contribution is 7.91. The van der Waals surface area contributed by atoms with Gasteiger partial charge in [-0.15, -0.1) is 0 Å². The molecule has 0 fully saturated rings. The fraction of sp³-hybridized carbons (Fsp3) is 0.174. The number of hydrogen-bond acceptors (Lipinski definition) is 3. The second-order valence-corrected chi connectivity index (χ2v) is 9.29. The number of hydrogen-bond donors (Lipinski definition) is 0.